The van der Waals surface area contributed by atoms with E-state index in [1.54, 1.807) is 0 Å². The van der Waals surface area contributed by atoms with Crippen LogP contribution in [0.5, 0.6) is 0 Å². The lowest BCUT2D eigenvalue weighted by Crippen LogP contribution is -1.99. The maximum Gasteiger partial charge on any atom is 0.157 e. The smallest absolute Gasteiger partial charge is 0.157 e. The van der Waals surface area contributed by atoms with Crippen molar-refractivity contribution < 1.29 is 0 Å². The summed E-state index contributed by atoms with van der Waals surface area (Å²) in [7, 11) is 0. The van der Waals surface area contributed by atoms with Gasteiger partial charge in [-0.2, -0.15) is 10.2 Å². The summed E-state index contributed by atoms with van der Waals surface area (Å²) in [4.78, 5) is 0. The van der Waals surface area contributed by atoms with Gasteiger partial charge in [-0.3, -0.25) is 0 Å². The van der Waals surface area contributed by atoms with Gasteiger partial charge in [-0.25, -0.2) is 4.68 Å². The molecule has 2 aromatic heterocycles. The average Bonchev–Trinajstić information content (AvgIpc) is 3.01. The van der Waals surface area contributed by atoms with Crippen molar-refractivity contribution in [3.8, 4) is 16.9 Å². The molecule has 2 N–H and O–H groups in total. The van der Waals surface area contributed by atoms with Crippen LogP contribution in [-0.2, 0) is 0 Å². The highest BCUT2D eigenvalue weighted by molar-refractivity contribution is 6.30. The van der Waals surface area contributed by atoms with Gasteiger partial charge in [-0.05, 0) is 38.1 Å². The minimum atomic E-state index is 0.372. The van der Waals surface area contributed by atoms with Crippen molar-refractivity contribution in [3.05, 3.63) is 64.8 Å². The number of hydrogen-bond acceptors (Lipinski definition) is 4. The predicted molar refractivity (Wildman–Crippen MR) is 101 cm³/mol. The molecule has 2 heterocycles. The van der Waals surface area contributed by atoms with Gasteiger partial charge < -0.3 is 5.73 Å². The largest absolute Gasteiger partial charge is 0.382 e. The van der Waals surface area contributed by atoms with E-state index in [0.717, 1.165) is 33.5 Å². The Morgan fingerprint density at radius 3 is 2.28 bits per heavy atom. The van der Waals surface area contributed by atoms with Crippen LogP contribution in [0.4, 0.5) is 5.82 Å². The number of halogens is 1. The highest BCUT2D eigenvalue weighted by atomic mass is 35.5. The third-order valence-corrected chi connectivity index (χ3v) is 4.44. The first-order valence-corrected chi connectivity index (χ1v) is 8.27. The molecule has 25 heavy (non-hydrogen) atoms. The number of aromatic nitrogens is 4. The first kappa shape index (κ1) is 15.6. The van der Waals surface area contributed by atoms with Gasteiger partial charge in [-0.15, -0.1) is 5.10 Å². The van der Waals surface area contributed by atoms with Crippen LogP contribution < -0.4 is 5.73 Å². The van der Waals surface area contributed by atoms with Crippen molar-refractivity contribution in [2.75, 3.05) is 5.73 Å². The minimum Gasteiger partial charge on any atom is -0.382 e. The first-order valence-electron chi connectivity index (χ1n) is 7.89. The first-order chi connectivity index (χ1) is 12.0. The van der Waals surface area contributed by atoms with E-state index >= 15 is 0 Å². The van der Waals surface area contributed by atoms with Gasteiger partial charge in [-0.1, -0.05) is 41.4 Å². The van der Waals surface area contributed by atoms with Gasteiger partial charge in [0.1, 0.15) is 5.52 Å². The fourth-order valence-corrected chi connectivity index (χ4v) is 3.01. The van der Waals surface area contributed by atoms with Crippen LogP contribution in [0.2, 0.25) is 5.02 Å². The molecule has 0 aliphatic heterocycles. The Bertz CT molecular complexity index is 1070. The van der Waals surface area contributed by atoms with Gasteiger partial charge in [0.05, 0.1) is 22.5 Å². The van der Waals surface area contributed by atoms with Crippen LogP contribution in [0, 0.1) is 13.8 Å². The molecule has 124 valence electrons. The van der Waals surface area contributed by atoms with Crippen LogP contribution in [0.25, 0.3) is 27.8 Å². The standard InChI is InChI=1S/C19H16ClN5/c1-11-3-5-13(6-4-11)18-16-17(12(2)22-23-19(16)21)24-25(18)15-9-7-14(20)8-10-15/h3-10H,1-2H3,(H2,21,23). The quantitative estimate of drug-likeness (QED) is 0.584. The second kappa shape index (κ2) is 5.86. The number of nitrogen functional groups attached to an aromatic ring is 1. The number of nitrogens with two attached hydrogens (primary N) is 1. The van der Waals surface area contributed by atoms with E-state index in [1.165, 1.54) is 5.56 Å². The Kier molecular flexibility index (Phi) is 3.66. The molecule has 0 radical (unpaired) electrons. The number of hydrogen-bond donors (Lipinski definition) is 1. The van der Waals surface area contributed by atoms with Crippen molar-refractivity contribution in [3.63, 3.8) is 0 Å². The molecule has 5 nitrogen and oxygen atoms in total. The van der Waals surface area contributed by atoms with Gasteiger partial charge in [0.15, 0.2) is 5.82 Å². The molecule has 0 saturated heterocycles. The normalized spacial score (nSPS) is 11.2. The van der Waals surface area contributed by atoms with E-state index in [4.69, 9.17) is 22.4 Å². The predicted octanol–water partition coefficient (Wildman–Crippen LogP) is 4.33. The summed E-state index contributed by atoms with van der Waals surface area (Å²) in [5.74, 6) is 0.372. The van der Waals surface area contributed by atoms with Crippen molar-refractivity contribution in [1.82, 2.24) is 20.0 Å². The van der Waals surface area contributed by atoms with Crippen molar-refractivity contribution in [2.45, 2.75) is 13.8 Å². The third kappa shape index (κ3) is 2.62. The second-order valence-corrected chi connectivity index (χ2v) is 6.43. The molecule has 0 aliphatic rings. The Morgan fingerprint density at radius 1 is 0.920 bits per heavy atom. The molecule has 0 unspecified atom stereocenters. The van der Waals surface area contributed by atoms with E-state index in [1.807, 2.05) is 35.9 Å². The summed E-state index contributed by atoms with van der Waals surface area (Å²) in [5, 5.41) is 14.4. The maximum atomic E-state index is 6.16. The maximum absolute atomic E-state index is 6.16. The lowest BCUT2D eigenvalue weighted by atomic mass is 10.1. The Labute approximate surface area is 150 Å². The highest BCUT2D eigenvalue weighted by Crippen LogP contribution is 2.34. The van der Waals surface area contributed by atoms with Crippen LogP contribution in [-0.4, -0.2) is 20.0 Å². The summed E-state index contributed by atoms with van der Waals surface area (Å²) < 4.78 is 1.87. The SMILES string of the molecule is Cc1ccc(-c2c3c(N)nnc(C)c3nn2-c2ccc(Cl)cc2)cc1. The average molecular weight is 350 g/mol. The fraction of sp³-hybridized carbons (Fsp3) is 0.105. The van der Waals surface area contributed by atoms with Gasteiger partial charge in [0.2, 0.25) is 0 Å². The number of aryl methyl sites for hydroxylation is 2. The highest BCUT2D eigenvalue weighted by Gasteiger charge is 2.19. The molecule has 2 aromatic carbocycles. The minimum absolute atomic E-state index is 0.372. The zero-order valence-electron chi connectivity index (χ0n) is 13.9. The molecule has 0 amide bonds. The summed E-state index contributed by atoms with van der Waals surface area (Å²) >= 11 is 6.03. The molecule has 4 rings (SSSR count). The molecule has 0 saturated carbocycles. The van der Waals surface area contributed by atoms with Gasteiger partial charge in [0, 0.05) is 10.6 Å². The second-order valence-electron chi connectivity index (χ2n) is 6.00. The molecular formula is C19H16ClN5. The Morgan fingerprint density at radius 2 is 1.60 bits per heavy atom. The fourth-order valence-electron chi connectivity index (χ4n) is 2.89. The van der Waals surface area contributed by atoms with Crippen LogP contribution in [0.15, 0.2) is 48.5 Å². The number of anilines is 1. The van der Waals surface area contributed by atoms with E-state index in [0.29, 0.717) is 10.8 Å². The molecule has 0 fully saturated rings. The Hall–Kier alpha value is -2.92. The number of nitrogens with zero attached hydrogens (tertiary/aromatic N) is 4. The van der Waals surface area contributed by atoms with E-state index in [9.17, 15) is 0 Å². The van der Waals surface area contributed by atoms with Crippen molar-refractivity contribution >= 4 is 28.3 Å². The number of rotatable bonds is 2. The Balaban J connectivity index is 2.09. The van der Waals surface area contributed by atoms with E-state index < -0.39 is 0 Å². The molecular weight excluding hydrogens is 334 g/mol. The summed E-state index contributed by atoms with van der Waals surface area (Å²) in [5.41, 5.74) is 11.6. The van der Waals surface area contributed by atoms with Crippen LogP contribution in [0.3, 0.4) is 0 Å². The van der Waals surface area contributed by atoms with Gasteiger partial charge in [0.25, 0.3) is 0 Å². The monoisotopic (exact) mass is 349 g/mol. The van der Waals surface area contributed by atoms with E-state index in [2.05, 4.69) is 41.4 Å². The van der Waals surface area contributed by atoms with Crippen molar-refractivity contribution in [2.24, 2.45) is 0 Å². The lowest BCUT2D eigenvalue weighted by molar-refractivity contribution is 0.897. The zero-order valence-corrected chi connectivity index (χ0v) is 14.6. The third-order valence-electron chi connectivity index (χ3n) is 4.19. The van der Waals surface area contributed by atoms with Gasteiger partial charge >= 0.3 is 0 Å². The molecule has 0 atom stereocenters. The topological polar surface area (TPSA) is 69.6 Å². The molecule has 6 heteroatoms. The molecule has 0 bridgehead atoms. The molecule has 0 spiro atoms. The summed E-state index contributed by atoms with van der Waals surface area (Å²) in [6, 6.07) is 15.8. The van der Waals surface area contributed by atoms with E-state index in [-0.39, 0.29) is 0 Å². The van der Waals surface area contributed by atoms with Crippen LogP contribution >= 0.6 is 11.6 Å². The number of benzene rings is 2. The summed E-state index contributed by atoms with van der Waals surface area (Å²) in [6.45, 7) is 3.94. The lowest BCUT2D eigenvalue weighted by Gasteiger charge is -2.09. The summed E-state index contributed by atoms with van der Waals surface area (Å²) in [6.07, 6.45) is 0. The molecule has 0 aliphatic carbocycles. The van der Waals surface area contributed by atoms with Crippen molar-refractivity contribution in [1.29, 1.82) is 0 Å². The molecule has 4 aromatic rings. The van der Waals surface area contributed by atoms with Crippen LogP contribution in [0.1, 0.15) is 11.3 Å². The number of fused-ring (bicyclic) bond motifs is 1. The zero-order chi connectivity index (χ0) is 17.6.